The summed E-state index contributed by atoms with van der Waals surface area (Å²) < 4.78 is 0. The molecule has 13 heavy (non-hydrogen) atoms. The smallest absolute Gasteiger partial charge is 0.225 e. The van der Waals surface area contributed by atoms with Crippen LogP contribution in [0.4, 0.5) is 0 Å². The molecule has 0 heterocycles. The van der Waals surface area contributed by atoms with E-state index in [4.69, 9.17) is 11.6 Å². The number of fused-ring (bicyclic) bond motifs is 2. The number of carbonyl (C=O) groups is 1. The van der Waals surface area contributed by atoms with Gasteiger partial charge in [0.15, 0.2) is 0 Å². The molecular weight excluding hydrogens is 184 g/mol. The van der Waals surface area contributed by atoms with Crippen molar-refractivity contribution in [1.82, 2.24) is 0 Å². The Morgan fingerprint density at radius 2 is 2.00 bits per heavy atom. The van der Waals surface area contributed by atoms with Crippen LogP contribution in [0.1, 0.15) is 40.0 Å². The monoisotopic (exact) mass is 200 g/mol. The lowest BCUT2D eigenvalue weighted by atomic mass is 9.67. The van der Waals surface area contributed by atoms with Crippen LogP contribution in [0.15, 0.2) is 0 Å². The normalized spacial score (nSPS) is 46.8. The fourth-order valence-corrected chi connectivity index (χ4v) is 3.88. The van der Waals surface area contributed by atoms with Crippen LogP contribution >= 0.6 is 11.6 Å². The van der Waals surface area contributed by atoms with Gasteiger partial charge >= 0.3 is 0 Å². The summed E-state index contributed by atoms with van der Waals surface area (Å²) in [6, 6.07) is 0. The van der Waals surface area contributed by atoms with Crippen molar-refractivity contribution < 1.29 is 4.79 Å². The van der Waals surface area contributed by atoms with Gasteiger partial charge in [0, 0.05) is 5.92 Å². The van der Waals surface area contributed by atoms with Crippen molar-refractivity contribution in [2.45, 2.75) is 40.0 Å². The molecule has 0 N–H and O–H groups in total. The zero-order chi connectivity index (χ0) is 9.85. The Morgan fingerprint density at radius 3 is 2.23 bits per heavy atom. The van der Waals surface area contributed by atoms with Gasteiger partial charge in [0.2, 0.25) is 5.24 Å². The number of carbonyl (C=O) groups excluding carboxylic acids is 1. The van der Waals surface area contributed by atoms with Gasteiger partial charge in [0.1, 0.15) is 0 Å². The molecule has 0 aromatic heterocycles. The first-order chi connectivity index (χ1) is 5.89. The van der Waals surface area contributed by atoms with Gasteiger partial charge in [-0.1, -0.05) is 20.8 Å². The first-order valence-corrected chi connectivity index (χ1v) is 5.47. The van der Waals surface area contributed by atoms with Crippen molar-refractivity contribution in [2.24, 2.45) is 22.7 Å². The van der Waals surface area contributed by atoms with Crippen LogP contribution in [0, 0.1) is 22.7 Å². The number of hydrogen-bond donors (Lipinski definition) is 0. The summed E-state index contributed by atoms with van der Waals surface area (Å²) in [7, 11) is 0. The maximum Gasteiger partial charge on any atom is 0.225 e. The molecule has 0 aromatic rings. The lowest BCUT2D eigenvalue weighted by Crippen LogP contribution is -2.34. The van der Waals surface area contributed by atoms with Crippen LogP contribution < -0.4 is 0 Å². The molecule has 0 spiro atoms. The van der Waals surface area contributed by atoms with Crippen LogP contribution in [0.5, 0.6) is 0 Å². The summed E-state index contributed by atoms with van der Waals surface area (Å²) >= 11 is 5.66. The Kier molecular flexibility index (Phi) is 1.83. The SMILES string of the molecule is CC1(C)[C@H]2CC[C@@]1(C)[C@H](C(=O)Cl)C2. The minimum Gasteiger partial charge on any atom is -0.281 e. The minimum atomic E-state index is -0.113. The molecule has 2 aliphatic carbocycles. The quantitative estimate of drug-likeness (QED) is 0.594. The third-order valence-electron chi connectivity index (χ3n) is 5.07. The number of halogens is 1. The molecule has 0 radical (unpaired) electrons. The Labute approximate surface area is 84.8 Å². The lowest BCUT2D eigenvalue weighted by molar-refractivity contribution is -0.119. The number of hydrogen-bond acceptors (Lipinski definition) is 1. The zero-order valence-corrected chi connectivity index (χ0v) is 9.32. The van der Waals surface area contributed by atoms with Crippen LogP contribution in [0.2, 0.25) is 0 Å². The predicted molar refractivity (Wildman–Crippen MR) is 53.6 cm³/mol. The highest BCUT2D eigenvalue weighted by molar-refractivity contribution is 6.64. The van der Waals surface area contributed by atoms with Gasteiger partial charge < -0.3 is 0 Å². The van der Waals surface area contributed by atoms with E-state index >= 15 is 0 Å². The van der Waals surface area contributed by atoms with E-state index in [2.05, 4.69) is 20.8 Å². The Balaban J connectivity index is 2.38. The summed E-state index contributed by atoms with van der Waals surface area (Å²) in [5.41, 5.74) is 0.471. The third kappa shape index (κ3) is 0.971. The van der Waals surface area contributed by atoms with Crippen molar-refractivity contribution in [2.75, 3.05) is 0 Å². The molecule has 2 saturated carbocycles. The van der Waals surface area contributed by atoms with E-state index in [1.165, 1.54) is 12.8 Å². The summed E-state index contributed by atoms with van der Waals surface area (Å²) in [4.78, 5) is 11.3. The highest BCUT2D eigenvalue weighted by atomic mass is 35.5. The van der Waals surface area contributed by atoms with E-state index in [0.717, 1.165) is 6.42 Å². The van der Waals surface area contributed by atoms with E-state index < -0.39 is 0 Å². The van der Waals surface area contributed by atoms with Gasteiger partial charge in [-0.15, -0.1) is 0 Å². The summed E-state index contributed by atoms with van der Waals surface area (Å²) in [5.74, 6) is 0.827. The second-order valence-electron chi connectivity index (χ2n) is 5.47. The molecule has 0 aliphatic heterocycles. The fourth-order valence-electron chi connectivity index (χ4n) is 3.55. The summed E-state index contributed by atoms with van der Waals surface area (Å²) in [6.07, 6.45) is 3.48. The molecule has 2 rings (SSSR count). The second kappa shape index (κ2) is 2.50. The fraction of sp³-hybridized carbons (Fsp3) is 0.909. The number of rotatable bonds is 1. The molecule has 0 aromatic carbocycles. The van der Waals surface area contributed by atoms with Gasteiger partial charge in [-0.05, 0) is 47.6 Å². The van der Waals surface area contributed by atoms with Gasteiger partial charge in [-0.25, -0.2) is 0 Å². The van der Waals surface area contributed by atoms with Crippen LogP contribution in [0.25, 0.3) is 0 Å². The van der Waals surface area contributed by atoms with Crippen LogP contribution in [-0.4, -0.2) is 5.24 Å². The molecule has 2 bridgehead atoms. The second-order valence-corrected chi connectivity index (χ2v) is 5.84. The Hall–Kier alpha value is -0.0400. The van der Waals surface area contributed by atoms with E-state index in [0.29, 0.717) is 11.3 Å². The van der Waals surface area contributed by atoms with Crippen LogP contribution in [0.3, 0.4) is 0 Å². The van der Waals surface area contributed by atoms with Crippen molar-refractivity contribution in [3.05, 3.63) is 0 Å². The molecule has 2 aliphatic rings. The molecule has 1 nitrogen and oxygen atoms in total. The van der Waals surface area contributed by atoms with E-state index in [9.17, 15) is 4.79 Å². The molecular formula is C11H17ClO. The standard InChI is InChI=1S/C11H17ClO/c1-10(2)7-4-5-11(10,3)8(6-7)9(12)13/h7-8H,4-6H2,1-3H3/t7-,8-,11-/m0/s1. The van der Waals surface area contributed by atoms with E-state index in [1.807, 2.05) is 0 Å². The third-order valence-corrected chi connectivity index (χ3v) is 5.33. The Morgan fingerprint density at radius 1 is 1.38 bits per heavy atom. The van der Waals surface area contributed by atoms with E-state index in [1.54, 1.807) is 0 Å². The van der Waals surface area contributed by atoms with Crippen molar-refractivity contribution in [1.29, 1.82) is 0 Å². The molecule has 0 unspecified atom stereocenters. The molecule has 0 amide bonds. The first-order valence-electron chi connectivity index (χ1n) is 5.09. The van der Waals surface area contributed by atoms with Crippen molar-refractivity contribution in [3.63, 3.8) is 0 Å². The highest BCUT2D eigenvalue weighted by Gasteiger charge is 2.62. The summed E-state index contributed by atoms with van der Waals surface area (Å²) in [6.45, 7) is 6.83. The maximum atomic E-state index is 11.3. The topological polar surface area (TPSA) is 17.1 Å². The highest BCUT2D eigenvalue weighted by Crippen LogP contribution is 2.68. The zero-order valence-electron chi connectivity index (χ0n) is 8.56. The van der Waals surface area contributed by atoms with Crippen LogP contribution in [-0.2, 0) is 4.79 Å². The van der Waals surface area contributed by atoms with Gasteiger partial charge in [-0.2, -0.15) is 0 Å². The average Bonchev–Trinajstić information content (AvgIpc) is 2.34. The summed E-state index contributed by atoms with van der Waals surface area (Å²) in [5, 5.41) is -0.113. The van der Waals surface area contributed by atoms with E-state index in [-0.39, 0.29) is 16.6 Å². The molecule has 0 saturated heterocycles. The average molecular weight is 201 g/mol. The van der Waals surface area contributed by atoms with Gasteiger partial charge in [0.05, 0.1) is 0 Å². The Bertz CT molecular complexity index is 259. The minimum absolute atomic E-state index is 0.113. The predicted octanol–water partition coefficient (Wildman–Crippen LogP) is 3.21. The van der Waals surface area contributed by atoms with Gasteiger partial charge in [0.25, 0.3) is 0 Å². The molecule has 2 heteroatoms. The van der Waals surface area contributed by atoms with Crippen molar-refractivity contribution in [3.8, 4) is 0 Å². The largest absolute Gasteiger partial charge is 0.281 e. The molecule has 74 valence electrons. The maximum absolute atomic E-state index is 11.3. The van der Waals surface area contributed by atoms with Crippen molar-refractivity contribution >= 4 is 16.8 Å². The molecule has 2 fully saturated rings. The molecule has 3 atom stereocenters. The van der Waals surface area contributed by atoms with Gasteiger partial charge in [-0.3, -0.25) is 4.79 Å². The lowest BCUT2D eigenvalue weighted by Gasteiger charge is -2.37. The first kappa shape index (κ1) is 9.51.